The van der Waals surface area contributed by atoms with Crippen LogP contribution in [0, 0.1) is 0 Å². The molecule has 0 aliphatic heterocycles. The van der Waals surface area contributed by atoms with Crippen LogP contribution in [0.5, 0.6) is 0 Å². The van der Waals surface area contributed by atoms with E-state index in [0.717, 1.165) is 33.5 Å². The van der Waals surface area contributed by atoms with Crippen LogP contribution < -0.4 is 5.32 Å². The van der Waals surface area contributed by atoms with Crippen LogP contribution in [0.15, 0.2) is 72.8 Å². The van der Waals surface area contributed by atoms with E-state index in [1.165, 1.54) is 0 Å². The zero-order valence-electron chi connectivity index (χ0n) is 15.5. The Kier molecular flexibility index (Phi) is 5.29. The number of carboxylic acid groups (broad SMARTS) is 1. The summed E-state index contributed by atoms with van der Waals surface area (Å²) in [7, 11) is 0. The summed E-state index contributed by atoms with van der Waals surface area (Å²) in [6.45, 7) is -0.108. The monoisotopic (exact) mass is 385 g/mol. The highest BCUT2D eigenvalue weighted by molar-refractivity contribution is 5.80. The van der Waals surface area contributed by atoms with Crippen molar-refractivity contribution in [1.82, 2.24) is 20.6 Å². The van der Waals surface area contributed by atoms with E-state index in [4.69, 9.17) is 5.11 Å². The van der Waals surface area contributed by atoms with E-state index in [1.807, 2.05) is 48.5 Å². The molecule has 0 atom stereocenters. The molecule has 4 rings (SSSR count). The quantitative estimate of drug-likeness (QED) is 0.449. The van der Waals surface area contributed by atoms with E-state index < -0.39 is 5.97 Å². The third-order valence-corrected chi connectivity index (χ3v) is 4.62. The summed E-state index contributed by atoms with van der Waals surface area (Å²) in [5, 5.41) is 26.2. The number of aromatic amines is 1. The van der Waals surface area contributed by atoms with Gasteiger partial charge in [-0.1, -0.05) is 66.7 Å². The number of hydrogen-bond donors (Lipinski definition) is 3. The number of carbonyl (C=O) groups is 1. The molecule has 4 aromatic rings. The summed E-state index contributed by atoms with van der Waals surface area (Å²) in [4.78, 5) is 10.8. The highest BCUT2D eigenvalue weighted by Crippen LogP contribution is 2.30. The van der Waals surface area contributed by atoms with Crippen molar-refractivity contribution in [3.8, 4) is 22.5 Å². The van der Waals surface area contributed by atoms with Crippen molar-refractivity contribution in [2.45, 2.75) is 6.42 Å². The minimum Gasteiger partial charge on any atom is -0.480 e. The molecular weight excluding hydrogens is 366 g/mol. The summed E-state index contributed by atoms with van der Waals surface area (Å²) >= 11 is 0. The van der Waals surface area contributed by atoms with E-state index >= 15 is 0 Å². The molecule has 7 heteroatoms. The Balaban J connectivity index is 1.57. The molecule has 0 aliphatic carbocycles. The van der Waals surface area contributed by atoms with Gasteiger partial charge in [0, 0.05) is 11.3 Å². The Morgan fingerprint density at radius 3 is 2.38 bits per heavy atom. The molecule has 29 heavy (non-hydrogen) atoms. The number of carboxylic acids is 1. The predicted molar refractivity (Wildman–Crippen MR) is 110 cm³/mol. The van der Waals surface area contributed by atoms with Crippen LogP contribution in [0.25, 0.3) is 22.5 Å². The van der Waals surface area contributed by atoms with Crippen molar-refractivity contribution in [3.63, 3.8) is 0 Å². The van der Waals surface area contributed by atoms with Gasteiger partial charge in [-0.25, -0.2) is 0 Å². The number of benzene rings is 3. The number of hydrogen-bond acceptors (Lipinski definition) is 5. The Morgan fingerprint density at radius 2 is 1.66 bits per heavy atom. The molecule has 3 N–H and O–H groups in total. The predicted octanol–water partition coefficient (Wildman–Crippen LogP) is 3.62. The molecule has 1 aromatic heterocycles. The lowest BCUT2D eigenvalue weighted by molar-refractivity contribution is -0.134. The maximum Gasteiger partial charge on any atom is 0.322 e. The van der Waals surface area contributed by atoms with Gasteiger partial charge in [0.25, 0.3) is 0 Å². The molecule has 0 spiro atoms. The molecular formula is C22H19N5O2. The summed E-state index contributed by atoms with van der Waals surface area (Å²) in [6, 6.07) is 24.0. The van der Waals surface area contributed by atoms with Gasteiger partial charge in [0.2, 0.25) is 5.82 Å². The van der Waals surface area contributed by atoms with Gasteiger partial charge in [-0.05, 0) is 40.0 Å². The average Bonchev–Trinajstić information content (AvgIpc) is 3.28. The lowest BCUT2D eigenvalue weighted by atomic mass is 9.96. The Labute approximate surface area is 167 Å². The number of anilines is 1. The molecule has 7 nitrogen and oxygen atoms in total. The van der Waals surface area contributed by atoms with Crippen LogP contribution in [0.3, 0.4) is 0 Å². The van der Waals surface area contributed by atoms with Crippen LogP contribution in [0.2, 0.25) is 0 Å². The molecule has 0 saturated carbocycles. The van der Waals surface area contributed by atoms with Crippen molar-refractivity contribution >= 4 is 11.7 Å². The SMILES string of the molecule is O=C(O)CNc1ccccc1Cc1ccc(-c2ccccc2-c2nn[nH]n2)cc1. The summed E-state index contributed by atoms with van der Waals surface area (Å²) in [5.41, 5.74) is 6.03. The van der Waals surface area contributed by atoms with Crippen LogP contribution >= 0.6 is 0 Å². The number of para-hydroxylation sites is 1. The fraction of sp³-hybridized carbons (Fsp3) is 0.0909. The van der Waals surface area contributed by atoms with Crippen LogP contribution in [0.1, 0.15) is 11.1 Å². The zero-order chi connectivity index (χ0) is 20.1. The van der Waals surface area contributed by atoms with E-state index in [9.17, 15) is 4.79 Å². The van der Waals surface area contributed by atoms with Gasteiger partial charge in [0.15, 0.2) is 0 Å². The highest BCUT2D eigenvalue weighted by Gasteiger charge is 2.11. The average molecular weight is 385 g/mol. The second-order valence-electron chi connectivity index (χ2n) is 6.56. The first-order valence-corrected chi connectivity index (χ1v) is 9.16. The van der Waals surface area contributed by atoms with Crippen LogP contribution in [-0.4, -0.2) is 38.2 Å². The molecule has 0 amide bonds. The fourth-order valence-electron chi connectivity index (χ4n) is 3.25. The Morgan fingerprint density at radius 1 is 0.931 bits per heavy atom. The summed E-state index contributed by atoms with van der Waals surface area (Å²) in [6.07, 6.45) is 0.704. The normalized spacial score (nSPS) is 10.6. The Bertz CT molecular complexity index is 1110. The lowest BCUT2D eigenvalue weighted by Gasteiger charge is -2.12. The number of H-pyrrole nitrogens is 1. The third-order valence-electron chi connectivity index (χ3n) is 4.62. The maximum absolute atomic E-state index is 10.8. The second kappa shape index (κ2) is 8.35. The molecule has 0 radical (unpaired) electrons. The van der Waals surface area contributed by atoms with Gasteiger partial charge >= 0.3 is 5.97 Å². The minimum atomic E-state index is -0.885. The van der Waals surface area contributed by atoms with Gasteiger partial charge in [-0.3, -0.25) is 4.79 Å². The van der Waals surface area contributed by atoms with Gasteiger partial charge in [-0.15, -0.1) is 10.2 Å². The van der Waals surface area contributed by atoms with E-state index in [1.54, 1.807) is 0 Å². The molecule has 0 bridgehead atoms. The van der Waals surface area contributed by atoms with E-state index in [-0.39, 0.29) is 6.54 Å². The number of aromatic nitrogens is 4. The third kappa shape index (κ3) is 4.30. The second-order valence-corrected chi connectivity index (χ2v) is 6.56. The largest absolute Gasteiger partial charge is 0.480 e. The van der Waals surface area contributed by atoms with Crippen LogP contribution in [-0.2, 0) is 11.2 Å². The number of nitrogens with zero attached hydrogens (tertiary/aromatic N) is 3. The molecule has 3 aromatic carbocycles. The highest BCUT2D eigenvalue weighted by atomic mass is 16.4. The van der Waals surface area contributed by atoms with Crippen molar-refractivity contribution < 1.29 is 9.90 Å². The van der Waals surface area contributed by atoms with Crippen molar-refractivity contribution in [2.24, 2.45) is 0 Å². The van der Waals surface area contributed by atoms with Gasteiger partial charge in [0.1, 0.15) is 6.54 Å². The molecule has 1 heterocycles. The maximum atomic E-state index is 10.8. The molecule has 0 aliphatic rings. The molecule has 144 valence electrons. The topological polar surface area (TPSA) is 104 Å². The number of nitrogens with one attached hydrogen (secondary N) is 2. The first-order chi connectivity index (χ1) is 14.2. The summed E-state index contributed by atoms with van der Waals surface area (Å²) < 4.78 is 0. The number of rotatable bonds is 7. The first kappa shape index (κ1) is 18.4. The van der Waals surface area contributed by atoms with Crippen molar-refractivity contribution in [1.29, 1.82) is 0 Å². The van der Waals surface area contributed by atoms with Crippen molar-refractivity contribution in [2.75, 3.05) is 11.9 Å². The fourth-order valence-corrected chi connectivity index (χ4v) is 3.25. The van der Waals surface area contributed by atoms with E-state index in [0.29, 0.717) is 12.2 Å². The van der Waals surface area contributed by atoms with E-state index in [2.05, 4.69) is 50.2 Å². The number of aliphatic carboxylic acids is 1. The molecule has 0 saturated heterocycles. The smallest absolute Gasteiger partial charge is 0.322 e. The standard InChI is InChI=1S/C22H19N5O2/c28-21(29)14-23-20-8-4-1-5-17(20)13-15-9-11-16(12-10-15)18-6-2-3-7-19(18)22-24-26-27-25-22/h1-12,23H,13-14H2,(H,28,29)(H,24,25,26,27). The molecule has 0 unspecified atom stereocenters. The zero-order valence-corrected chi connectivity index (χ0v) is 15.5. The first-order valence-electron chi connectivity index (χ1n) is 9.16. The lowest BCUT2D eigenvalue weighted by Crippen LogP contribution is -2.13. The van der Waals surface area contributed by atoms with Gasteiger partial charge in [-0.2, -0.15) is 5.21 Å². The van der Waals surface area contributed by atoms with Crippen LogP contribution in [0.4, 0.5) is 5.69 Å². The Hall–Kier alpha value is -4.00. The van der Waals surface area contributed by atoms with Crippen molar-refractivity contribution in [3.05, 3.63) is 83.9 Å². The summed E-state index contributed by atoms with van der Waals surface area (Å²) in [5.74, 6) is -0.326. The van der Waals surface area contributed by atoms with Gasteiger partial charge < -0.3 is 10.4 Å². The van der Waals surface area contributed by atoms with Gasteiger partial charge in [0.05, 0.1) is 0 Å². The number of tetrazole rings is 1. The minimum absolute atomic E-state index is 0.108. The molecule has 0 fully saturated rings.